The molecule has 1 aliphatic heterocycles. The van der Waals surface area contributed by atoms with Gasteiger partial charge in [0.2, 0.25) is 0 Å². The molecule has 1 aromatic carbocycles. The summed E-state index contributed by atoms with van der Waals surface area (Å²) in [6, 6.07) is 7.59. The standard InChI is InChI=1S/C16H21NO3/c1-12(18)15-8-4-5-9-17(15)11-14-7-3-2-6-13(14)10-16(19)20/h2-3,6-7,15H,4-5,8-11H2,1H3,(H,19,20). The Bertz CT molecular complexity index is 498. The van der Waals surface area contributed by atoms with Crippen molar-refractivity contribution in [2.24, 2.45) is 0 Å². The van der Waals surface area contributed by atoms with E-state index in [0.29, 0.717) is 6.54 Å². The van der Waals surface area contributed by atoms with Gasteiger partial charge in [0.1, 0.15) is 5.78 Å². The smallest absolute Gasteiger partial charge is 0.307 e. The van der Waals surface area contributed by atoms with Crippen LogP contribution in [0.1, 0.15) is 37.3 Å². The van der Waals surface area contributed by atoms with E-state index in [0.717, 1.165) is 36.9 Å². The Labute approximate surface area is 119 Å². The molecule has 1 N–H and O–H groups in total. The van der Waals surface area contributed by atoms with Crippen molar-refractivity contribution in [1.29, 1.82) is 0 Å². The molecule has 4 nitrogen and oxygen atoms in total. The SMILES string of the molecule is CC(=O)C1CCCCN1Cc1ccccc1CC(=O)O. The fourth-order valence-corrected chi connectivity index (χ4v) is 2.91. The Kier molecular flexibility index (Phi) is 4.90. The summed E-state index contributed by atoms with van der Waals surface area (Å²) in [5.41, 5.74) is 1.86. The van der Waals surface area contributed by atoms with Crippen LogP contribution in [0.4, 0.5) is 0 Å². The minimum absolute atomic E-state index is 0.0124. The van der Waals surface area contributed by atoms with Gasteiger partial charge in [0, 0.05) is 6.54 Å². The van der Waals surface area contributed by atoms with Crippen LogP contribution in [0.15, 0.2) is 24.3 Å². The van der Waals surface area contributed by atoms with Crippen molar-refractivity contribution in [1.82, 2.24) is 4.90 Å². The second-order valence-electron chi connectivity index (χ2n) is 5.43. The van der Waals surface area contributed by atoms with E-state index in [1.54, 1.807) is 6.92 Å². The van der Waals surface area contributed by atoms with Crippen LogP contribution in [0.3, 0.4) is 0 Å². The van der Waals surface area contributed by atoms with Gasteiger partial charge in [-0.05, 0) is 37.4 Å². The third-order valence-corrected chi connectivity index (χ3v) is 3.92. The zero-order chi connectivity index (χ0) is 14.5. The maximum atomic E-state index is 11.7. The van der Waals surface area contributed by atoms with Gasteiger partial charge in [-0.15, -0.1) is 0 Å². The molecule has 4 heteroatoms. The predicted molar refractivity (Wildman–Crippen MR) is 76.5 cm³/mol. The average Bonchev–Trinajstić information content (AvgIpc) is 2.41. The summed E-state index contributed by atoms with van der Waals surface area (Å²) in [6.45, 7) is 3.21. The number of carboxylic acid groups (broad SMARTS) is 1. The van der Waals surface area contributed by atoms with Gasteiger partial charge in [0.25, 0.3) is 0 Å². The van der Waals surface area contributed by atoms with Crippen LogP contribution in [0, 0.1) is 0 Å². The number of carbonyl (C=O) groups is 2. The zero-order valence-corrected chi connectivity index (χ0v) is 11.8. The van der Waals surface area contributed by atoms with E-state index in [1.807, 2.05) is 24.3 Å². The number of hydrogen-bond acceptors (Lipinski definition) is 3. The van der Waals surface area contributed by atoms with Gasteiger partial charge in [-0.2, -0.15) is 0 Å². The van der Waals surface area contributed by atoms with Gasteiger partial charge in [0.15, 0.2) is 0 Å². The molecule has 1 unspecified atom stereocenters. The van der Waals surface area contributed by atoms with E-state index in [1.165, 1.54) is 0 Å². The molecule has 2 rings (SSSR count). The summed E-state index contributed by atoms with van der Waals surface area (Å²) in [7, 11) is 0. The summed E-state index contributed by atoms with van der Waals surface area (Å²) >= 11 is 0. The third kappa shape index (κ3) is 3.67. The summed E-state index contributed by atoms with van der Waals surface area (Å²) in [5, 5.41) is 8.97. The highest BCUT2D eigenvalue weighted by Gasteiger charge is 2.26. The maximum Gasteiger partial charge on any atom is 0.307 e. The monoisotopic (exact) mass is 275 g/mol. The normalized spacial score (nSPS) is 19.8. The van der Waals surface area contributed by atoms with Gasteiger partial charge in [-0.1, -0.05) is 30.7 Å². The molecule has 20 heavy (non-hydrogen) atoms. The highest BCUT2D eigenvalue weighted by atomic mass is 16.4. The van der Waals surface area contributed by atoms with Crippen LogP contribution in [-0.2, 0) is 22.6 Å². The Morgan fingerprint density at radius 3 is 2.60 bits per heavy atom. The Morgan fingerprint density at radius 1 is 1.25 bits per heavy atom. The van der Waals surface area contributed by atoms with Crippen molar-refractivity contribution in [3.63, 3.8) is 0 Å². The summed E-state index contributed by atoms with van der Waals surface area (Å²) < 4.78 is 0. The molecule has 0 saturated carbocycles. The lowest BCUT2D eigenvalue weighted by atomic mass is 9.97. The first-order chi connectivity index (χ1) is 9.58. The molecule has 1 fully saturated rings. The molecule has 0 bridgehead atoms. The number of piperidine rings is 1. The molecular weight excluding hydrogens is 254 g/mol. The number of rotatable bonds is 5. The first-order valence-corrected chi connectivity index (χ1v) is 7.11. The molecular formula is C16H21NO3. The van der Waals surface area contributed by atoms with Crippen molar-refractivity contribution in [3.8, 4) is 0 Å². The van der Waals surface area contributed by atoms with Crippen LogP contribution in [0.25, 0.3) is 0 Å². The molecule has 1 atom stereocenters. The van der Waals surface area contributed by atoms with E-state index in [4.69, 9.17) is 5.11 Å². The number of aliphatic carboxylic acids is 1. The third-order valence-electron chi connectivity index (χ3n) is 3.92. The highest BCUT2D eigenvalue weighted by molar-refractivity contribution is 5.81. The van der Waals surface area contributed by atoms with Crippen molar-refractivity contribution in [2.45, 2.75) is 45.2 Å². The number of Topliss-reactive ketones (excluding diaryl/α,β-unsaturated/α-hetero) is 1. The molecule has 108 valence electrons. The van der Waals surface area contributed by atoms with Gasteiger partial charge in [0.05, 0.1) is 12.5 Å². The number of nitrogens with zero attached hydrogens (tertiary/aromatic N) is 1. The lowest BCUT2D eigenvalue weighted by Gasteiger charge is -2.34. The molecule has 0 aliphatic carbocycles. The highest BCUT2D eigenvalue weighted by Crippen LogP contribution is 2.22. The fourth-order valence-electron chi connectivity index (χ4n) is 2.91. The lowest BCUT2D eigenvalue weighted by molar-refractivity contribution is -0.136. The topological polar surface area (TPSA) is 57.6 Å². The van der Waals surface area contributed by atoms with E-state index in [9.17, 15) is 9.59 Å². The van der Waals surface area contributed by atoms with Crippen LogP contribution in [0.2, 0.25) is 0 Å². The van der Waals surface area contributed by atoms with E-state index < -0.39 is 5.97 Å². The van der Waals surface area contributed by atoms with Crippen LogP contribution >= 0.6 is 0 Å². The van der Waals surface area contributed by atoms with Gasteiger partial charge < -0.3 is 5.11 Å². The molecule has 0 spiro atoms. The number of benzene rings is 1. The van der Waals surface area contributed by atoms with E-state index in [-0.39, 0.29) is 18.2 Å². The molecule has 0 amide bonds. The van der Waals surface area contributed by atoms with E-state index in [2.05, 4.69) is 4.90 Å². The summed E-state index contributed by atoms with van der Waals surface area (Å²) in [4.78, 5) is 24.8. The number of likely N-dealkylation sites (tertiary alicyclic amines) is 1. The molecule has 1 saturated heterocycles. The number of ketones is 1. The molecule has 1 aromatic rings. The molecule has 0 radical (unpaired) electrons. The fraction of sp³-hybridized carbons (Fsp3) is 0.500. The average molecular weight is 275 g/mol. The number of carbonyl (C=O) groups excluding carboxylic acids is 1. The molecule has 1 aliphatic rings. The maximum absolute atomic E-state index is 11.7. The first kappa shape index (κ1) is 14.7. The molecule has 1 heterocycles. The van der Waals surface area contributed by atoms with Crippen LogP contribution in [0.5, 0.6) is 0 Å². The molecule has 0 aromatic heterocycles. The predicted octanol–water partition coefficient (Wildman–Crippen LogP) is 2.26. The summed E-state index contributed by atoms with van der Waals surface area (Å²) in [6.07, 6.45) is 3.15. The Morgan fingerprint density at radius 2 is 1.95 bits per heavy atom. The van der Waals surface area contributed by atoms with Gasteiger partial charge in [-0.25, -0.2) is 0 Å². The second-order valence-corrected chi connectivity index (χ2v) is 5.43. The first-order valence-electron chi connectivity index (χ1n) is 7.11. The minimum Gasteiger partial charge on any atom is -0.481 e. The Hall–Kier alpha value is -1.68. The number of hydrogen-bond donors (Lipinski definition) is 1. The van der Waals surface area contributed by atoms with Crippen LogP contribution in [-0.4, -0.2) is 34.3 Å². The second kappa shape index (κ2) is 6.66. The van der Waals surface area contributed by atoms with Crippen molar-refractivity contribution >= 4 is 11.8 Å². The zero-order valence-electron chi connectivity index (χ0n) is 11.8. The quantitative estimate of drug-likeness (QED) is 0.895. The largest absolute Gasteiger partial charge is 0.481 e. The van der Waals surface area contributed by atoms with Crippen molar-refractivity contribution < 1.29 is 14.7 Å². The van der Waals surface area contributed by atoms with E-state index >= 15 is 0 Å². The van der Waals surface area contributed by atoms with Crippen molar-refractivity contribution in [2.75, 3.05) is 6.54 Å². The minimum atomic E-state index is -0.820. The van der Waals surface area contributed by atoms with Gasteiger partial charge >= 0.3 is 5.97 Å². The van der Waals surface area contributed by atoms with Crippen LogP contribution < -0.4 is 0 Å². The van der Waals surface area contributed by atoms with Crippen molar-refractivity contribution in [3.05, 3.63) is 35.4 Å². The van der Waals surface area contributed by atoms with Gasteiger partial charge in [-0.3, -0.25) is 14.5 Å². The lowest BCUT2D eigenvalue weighted by Crippen LogP contribution is -2.43. The summed E-state index contributed by atoms with van der Waals surface area (Å²) in [5.74, 6) is -0.611. The number of carboxylic acids is 1. The Balaban J connectivity index is 2.15.